The van der Waals surface area contributed by atoms with E-state index in [9.17, 15) is 0 Å². The first-order chi connectivity index (χ1) is 9.22. The molecule has 0 saturated heterocycles. The van der Waals surface area contributed by atoms with E-state index < -0.39 is 0 Å². The van der Waals surface area contributed by atoms with Crippen molar-refractivity contribution in [3.8, 4) is 0 Å². The predicted molar refractivity (Wildman–Crippen MR) is 81.9 cm³/mol. The summed E-state index contributed by atoms with van der Waals surface area (Å²) >= 11 is 3.13. The smallest absolute Gasteiger partial charge is 0.174 e. The van der Waals surface area contributed by atoms with Gasteiger partial charge in [0.15, 0.2) is 4.34 Å². The van der Waals surface area contributed by atoms with E-state index in [-0.39, 0.29) is 0 Å². The molecule has 1 aromatic heterocycles. The van der Waals surface area contributed by atoms with Crippen LogP contribution in [0, 0.1) is 6.92 Å². The molecule has 3 nitrogen and oxygen atoms in total. The second-order valence-corrected chi connectivity index (χ2v) is 6.37. The summed E-state index contributed by atoms with van der Waals surface area (Å²) < 4.78 is 5.20. The maximum absolute atomic E-state index is 4.37. The standard InChI is InChI=1S/C14H19N3S2/c1-4-13(15-5-2)11-6-8-12(9-7-11)18-14-16-10(3)17-19-14/h6-9,13,15H,4-5H2,1-3H3. The second-order valence-electron chi connectivity index (χ2n) is 4.30. The molecule has 0 aliphatic rings. The molecule has 2 aromatic rings. The minimum Gasteiger partial charge on any atom is -0.310 e. The first-order valence-electron chi connectivity index (χ1n) is 6.54. The second kappa shape index (κ2) is 7.03. The number of nitrogens with zero attached hydrogens (tertiary/aromatic N) is 2. The molecule has 0 aliphatic carbocycles. The molecule has 0 aliphatic heterocycles. The Morgan fingerprint density at radius 1 is 1.26 bits per heavy atom. The van der Waals surface area contributed by atoms with Gasteiger partial charge in [-0.05, 0) is 49.1 Å². The molecule has 0 radical (unpaired) electrons. The highest BCUT2D eigenvalue weighted by atomic mass is 32.2. The molecule has 0 saturated carbocycles. The molecular formula is C14H19N3S2. The van der Waals surface area contributed by atoms with Crippen LogP contribution in [-0.2, 0) is 0 Å². The monoisotopic (exact) mass is 293 g/mol. The van der Waals surface area contributed by atoms with Crippen LogP contribution in [-0.4, -0.2) is 15.9 Å². The van der Waals surface area contributed by atoms with Crippen LogP contribution < -0.4 is 5.32 Å². The molecule has 1 aromatic carbocycles. The minimum atomic E-state index is 0.452. The van der Waals surface area contributed by atoms with Gasteiger partial charge in [-0.2, -0.15) is 4.37 Å². The largest absolute Gasteiger partial charge is 0.310 e. The van der Waals surface area contributed by atoms with Crippen LogP contribution in [0.5, 0.6) is 0 Å². The van der Waals surface area contributed by atoms with Gasteiger partial charge in [0.2, 0.25) is 0 Å². The van der Waals surface area contributed by atoms with E-state index in [0.717, 1.165) is 23.1 Å². The number of aromatic nitrogens is 2. The van der Waals surface area contributed by atoms with E-state index in [1.165, 1.54) is 22.0 Å². The van der Waals surface area contributed by atoms with Crippen molar-refractivity contribution in [1.82, 2.24) is 14.7 Å². The lowest BCUT2D eigenvalue weighted by Crippen LogP contribution is -2.19. The van der Waals surface area contributed by atoms with Gasteiger partial charge in [-0.1, -0.05) is 37.7 Å². The Bertz CT molecular complexity index is 508. The summed E-state index contributed by atoms with van der Waals surface area (Å²) in [6.45, 7) is 7.27. The van der Waals surface area contributed by atoms with Crippen LogP contribution in [0.1, 0.15) is 37.7 Å². The fourth-order valence-electron chi connectivity index (χ4n) is 1.93. The molecule has 5 heteroatoms. The summed E-state index contributed by atoms with van der Waals surface area (Å²) in [7, 11) is 0. The van der Waals surface area contributed by atoms with Crippen LogP contribution in [0.15, 0.2) is 33.5 Å². The molecular weight excluding hydrogens is 274 g/mol. The zero-order chi connectivity index (χ0) is 13.7. The SMILES string of the molecule is CCNC(CC)c1ccc(Sc2nc(C)ns2)cc1. The normalized spacial score (nSPS) is 12.6. The molecule has 102 valence electrons. The predicted octanol–water partition coefficient (Wildman–Crippen LogP) is 4.06. The Hall–Kier alpha value is -0.910. The van der Waals surface area contributed by atoms with Gasteiger partial charge < -0.3 is 5.32 Å². The van der Waals surface area contributed by atoms with Gasteiger partial charge in [0.1, 0.15) is 5.82 Å². The average molecular weight is 293 g/mol. The van der Waals surface area contributed by atoms with Gasteiger partial charge in [-0.3, -0.25) is 0 Å². The highest BCUT2D eigenvalue weighted by Crippen LogP contribution is 2.30. The fourth-order valence-corrected chi connectivity index (χ4v) is 3.56. The van der Waals surface area contributed by atoms with Crippen molar-refractivity contribution >= 4 is 23.3 Å². The van der Waals surface area contributed by atoms with Crippen molar-refractivity contribution < 1.29 is 0 Å². The molecule has 0 bridgehead atoms. The molecule has 19 heavy (non-hydrogen) atoms. The van der Waals surface area contributed by atoms with E-state index in [4.69, 9.17) is 0 Å². The molecule has 0 spiro atoms. The van der Waals surface area contributed by atoms with E-state index in [0.29, 0.717) is 6.04 Å². The third-order valence-electron chi connectivity index (χ3n) is 2.86. The molecule has 0 fully saturated rings. The maximum Gasteiger partial charge on any atom is 0.174 e. The minimum absolute atomic E-state index is 0.452. The lowest BCUT2D eigenvalue weighted by Gasteiger charge is -2.16. The Kier molecular flexibility index (Phi) is 5.36. The third-order valence-corrected chi connectivity index (χ3v) is 4.71. The third kappa shape index (κ3) is 4.03. The first kappa shape index (κ1) is 14.5. The van der Waals surface area contributed by atoms with Crippen molar-refractivity contribution in [3.63, 3.8) is 0 Å². The van der Waals surface area contributed by atoms with Crippen molar-refractivity contribution in [3.05, 3.63) is 35.7 Å². The zero-order valence-corrected chi connectivity index (χ0v) is 13.1. The summed E-state index contributed by atoms with van der Waals surface area (Å²) in [6, 6.07) is 9.18. The number of aryl methyl sites for hydroxylation is 1. The van der Waals surface area contributed by atoms with Crippen LogP contribution in [0.4, 0.5) is 0 Å². The fraction of sp³-hybridized carbons (Fsp3) is 0.429. The van der Waals surface area contributed by atoms with Gasteiger partial charge in [0, 0.05) is 10.9 Å². The molecule has 1 unspecified atom stereocenters. The Labute approximate surface area is 123 Å². The summed E-state index contributed by atoms with van der Waals surface area (Å²) in [5.74, 6) is 0.849. The van der Waals surface area contributed by atoms with E-state index in [2.05, 4.69) is 52.8 Å². The van der Waals surface area contributed by atoms with Crippen LogP contribution >= 0.6 is 23.3 Å². The summed E-state index contributed by atoms with van der Waals surface area (Å²) in [6.07, 6.45) is 1.11. The Balaban J connectivity index is 2.05. The van der Waals surface area contributed by atoms with E-state index in [1.54, 1.807) is 11.8 Å². The molecule has 0 amide bonds. The molecule has 1 atom stereocenters. The van der Waals surface area contributed by atoms with E-state index in [1.807, 2.05) is 6.92 Å². The van der Waals surface area contributed by atoms with Crippen LogP contribution in [0.2, 0.25) is 0 Å². The quantitative estimate of drug-likeness (QED) is 0.871. The molecule has 1 heterocycles. The lowest BCUT2D eigenvalue weighted by molar-refractivity contribution is 0.537. The number of hydrogen-bond donors (Lipinski definition) is 1. The lowest BCUT2D eigenvalue weighted by atomic mass is 10.1. The number of nitrogens with one attached hydrogen (secondary N) is 1. The van der Waals surface area contributed by atoms with Crippen molar-refractivity contribution in [2.24, 2.45) is 0 Å². The van der Waals surface area contributed by atoms with Gasteiger partial charge in [-0.25, -0.2) is 4.98 Å². The van der Waals surface area contributed by atoms with Crippen LogP contribution in [0.3, 0.4) is 0 Å². The highest BCUT2D eigenvalue weighted by molar-refractivity contribution is 8.01. The van der Waals surface area contributed by atoms with Crippen molar-refractivity contribution in [2.45, 2.75) is 42.5 Å². The Morgan fingerprint density at radius 2 is 2.00 bits per heavy atom. The topological polar surface area (TPSA) is 37.8 Å². The van der Waals surface area contributed by atoms with Crippen LogP contribution in [0.25, 0.3) is 0 Å². The average Bonchev–Trinajstić information content (AvgIpc) is 2.82. The number of hydrogen-bond acceptors (Lipinski definition) is 5. The van der Waals surface area contributed by atoms with E-state index >= 15 is 0 Å². The number of benzene rings is 1. The molecule has 2 rings (SSSR count). The summed E-state index contributed by atoms with van der Waals surface area (Å²) in [4.78, 5) is 5.58. The van der Waals surface area contributed by atoms with Gasteiger partial charge in [0.25, 0.3) is 0 Å². The summed E-state index contributed by atoms with van der Waals surface area (Å²) in [5.41, 5.74) is 1.35. The van der Waals surface area contributed by atoms with Gasteiger partial charge in [-0.15, -0.1) is 0 Å². The van der Waals surface area contributed by atoms with Crippen molar-refractivity contribution in [2.75, 3.05) is 6.54 Å². The van der Waals surface area contributed by atoms with Gasteiger partial charge >= 0.3 is 0 Å². The van der Waals surface area contributed by atoms with Gasteiger partial charge in [0.05, 0.1) is 0 Å². The Morgan fingerprint density at radius 3 is 2.53 bits per heavy atom. The zero-order valence-electron chi connectivity index (χ0n) is 11.5. The van der Waals surface area contributed by atoms with Crippen molar-refractivity contribution in [1.29, 1.82) is 0 Å². The molecule has 1 N–H and O–H groups in total. The maximum atomic E-state index is 4.37. The highest BCUT2D eigenvalue weighted by Gasteiger charge is 2.08. The first-order valence-corrected chi connectivity index (χ1v) is 8.13. The number of rotatable bonds is 6. The summed E-state index contributed by atoms with van der Waals surface area (Å²) in [5, 5.41) is 3.49.